The molecule has 0 saturated carbocycles. The van der Waals surface area contributed by atoms with Gasteiger partial charge in [0.2, 0.25) is 0 Å². The summed E-state index contributed by atoms with van der Waals surface area (Å²) in [6, 6.07) is 0. The standard InChI is InChI=1S/C44H86O3.C36H70O3/c1-3-5-7-9-11-13-15-17-19-21-23-25-27-29-31-33-35-37-39-41-43(45)47-44(46)42-40-38-36-34-32-30-28-26-24-22-20-18-16-14-12-10-8-6-4-2;1-3-5-7-9-11-13-15-17-19-21-23-25-27-29-31-33-35(37)39-36(38)34-32-30-28-26-24-22-20-18-16-14-12-10-8-6-4-2/h3-42H2,1-2H3;3-34H2,1-2H3. The molecule has 0 saturated heterocycles. The molecule has 0 aliphatic rings. The SMILES string of the molecule is CCCCCCCCCCCCCCCCCC(=O)OC(=O)CCCCCCCCCCCCCCCCC.CCCCCCCCCCCCCCCCCCCCCC(=O)OC(=O)CCCCCCCCCCCCCCCCCCCCC. The Bertz CT molecular complexity index is 1220. The number of rotatable bonds is 72. The molecule has 0 bridgehead atoms. The Balaban J connectivity index is 0. The van der Waals surface area contributed by atoms with E-state index in [0.29, 0.717) is 25.7 Å². The van der Waals surface area contributed by atoms with Gasteiger partial charge in [0.25, 0.3) is 0 Å². The molecule has 0 aromatic rings. The van der Waals surface area contributed by atoms with Crippen LogP contribution in [0.25, 0.3) is 0 Å². The molecule has 0 spiro atoms. The van der Waals surface area contributed by atoms with E-state index < -0.39 is 0 Å². The normalized spacial score (nSPS) is 11.3. The van der Waals surface area contributed by atoms with Gasteiger partial charge in [-0.05, 0) is 25.7 Å². The van der Waals surface area contributed by atoms with Crippen LogP contribution in [0.4, 0.5) is 0 Å². The van der Waals surface area contributed by atoms with Crippen LogP contribution in [0.3, 0.4) is 0 Å². The molecule has 0 aromatic carbocycles. The van der Waals surface area contributed by atoms with Crippen molar-refractivity contribution >= 4 is 23.9 Å². The number of ether oxygens (including phenoxy) is 2. The molecule has 0 fully saturated rings. The van der Waals surface area contributed by atoms with Crippen LogP contribution in [0, 0.1) is 0 Å². The first-order chi connectivity index (χ1) is 42.4. The van der Waals surface area contributed by atoms with Gasteiger partial charge in [0, 0.05) is 25.7 Å². The minimum atomic E-state index is -0.323. The smallest absolute Gasteiger partial charge is 0.313 e. The third-order valence-corrected chi connectivity index (χ3v) is 18.4. The Hall–Kier alpha value is -1.72. The predicted octanol–water partition coefficient (Wildman–Crippen LogP) is 28.3. The molecular formula is C80H156O6. The van der Waals surface area contributed by atoms with Crippen molar-refractivity contribution < 1.29 is 28.7 Å². The van der Waals surface area contributed by atoms with Crippen molar-refractivity contribution in [3.8, 4) is 0 Å². The fourth-order valence-corrected chi connectivity index (χ4v) is 12.4. The summed E-state index contributed by atoms with van der Waals surface area (Å²) in [5.41, 5.74) is 0. The summed E-state index contributed by atoms with van der Waals surface area (Å²) < 4.78 is 10.1. The molecule has 512 valence electrons. The zero-order chi connectivity index (χ0) is 62.6. The molecule has 0 unspecified atom stereocenters. The molecule has 6 heteroatoms. The fourth-order valence-electron chi connectivity index (χ4n) is 12.4. The van der Waals surface area contributed by atoms with Crippen molar-refractivity contribution in [2.75, 3.05) is 0 Å². The number of hydrogen-bond donors (Lipinski definition) is 0. The summed E-state index contributed by atoms with van der Waals surface area (Å²) in [6.45, 7) is 9.13. The molecule has 0 rings (SSSR count). The summed E-state index contributed by atoms with van der Waals surface area (Å²) in [6.07, 6.45) is 92.0. The highest BCUT2D eigenvalue weighted by Gasteiger charge is 2.12. The lowest BCUT2D eigenvalue weighted by Crippen LogP contribution is -2.11. The molecule has 0 aliphatic heterocycles. The highest BCUT2D eigenvalue weighted by molar-refractivity contribution is 5.85. The summed E-state index contributed by atoms with van der Waals surface area (Å²) >= 11 is 0. The molecule has 0 N–H and O–H groups in total. The monoisotopic (exact) mass is 1210 g/mol. The predicted molar refractivity (Wildman–Crippen MR) is 377 cm³/mol. The minimum absolute atomic E-state index is 0.320. The maximum atomic E-state index is 12.0. The van der Waals surface area contributed by atoms with Gasteiger partial charge in [-0.3, -0.25) is 19.2 Å². The molecule has 0 aliphatic carbocycles. The van der Waals surface area contributed by atoms with Gasteiger partial charge >= 0.3 is 23.9 Å². The molecule has 86 heavy (non-hydrogen) atoms. The molecule has 0 radical (unpaired) electrons. The van der Waals surface area contributed by atoms with E-state index in [4.69, 9.17) is 9.47 Å². The number of carbonyl (C=O) groups excluding carboxylic acids is 4. The zero-order valence-corrected chi connectivity index (χ0v) is 59.4. The van der Waals surface area contributed by atoms with Gasteiger partial charge in [0.1, 0.15) is 0 Å². The van der Waals surface area contributed by atoms with Crippen molar-refractivity contribution in [2.24, 2.45) is 0 Å². The quantitative estimate of drug-likeness (QED) is 0.0343. The second-order valence-corrected chi connectivity index (χ2v) is 27.3. The summed E-state index contributed by atoms with van der Waals surface area (Å²) in [5.74, 6) is -1.29. The Morgan fingerprint density at radius 3 is 0.314 bits per heavy atom. The Kier molecular flexibility index (Phi) is 79.7. The first-order valence-corrected chi connectivity index (χ1v) is 39.9. The van der Waals surface area contributed by atoms with E-state index in [2.05, 4.69) is 27.7 Å². The molecule has 0 aromatic heterocycles. The molecule has 0 heterocycles. The Morgan fingerprint density at radius 2 is 0.221 bits per heavy atom. The molecular weight excluding hydrogens is 1060 g/mol. The van der Waals surface area contributed by atoms with Crippen LogP contribution in [0.2, 0.25) is 0 Å². The number of esters is 4. The van der Waals surface area contributed by atoms with Crippen LogP contribution < -0.4 is 0 Å². The van der Waals surface area contributed by atoms with E-state index in [0.717, 1.165) is 51.4 Å². The molecule has 0 atom stereocenters. The average Bonchev–Trinajstić information content (AvgIpc) is 3.51. The second-order valence-electron chi connectivity index (χ2n) is 27.3. The maximum Gasteiger partial charge on any atom is 0.313 e. The lowest BCUT2D eigenvalue weighted by molar-refractivity contribution is -0.161. The first kappa shape index (κ1) is 86.3. The summed E-state index contributed by atoms with van der Waals surface area (Å²) in [5, 5.41) is 0. The average molecular weight is 1210 g/mol. The van der Waals surface area contributed by atoms with Gasteiger partial charge in [-0.25, -0.2) is 0 Å². The van der Waals surface area contributed by atoms with Gasteiger partial charge in [-0.1, -0.05) is 439 Å². The third-order valence-electron chi connectivity index (χ3n) is 18.4. The second kappa shape index (κ2) is 79.4. The lowest BCUT2D eigenvalue weighted by atomic mass is 10.0. The fraction of sp³-hybridized carbons (Fsp3) is 0.950. The molecule has 6 nitrogen and oxygen atoms in total. The van der Waals surface area contributed by atoms with Gasteiger partial charge in [0.15, 0.2) is 0 Å². The zero-order valence-electron chi connectivity index (χ0n) is 59.4. The van der Waals surface area contributed by atoms with Crippen molar-refractivity contribution in [2.45, 2.75) is 490 Å². The van der Waals surface area contributed by atoms with Crippen LogP contribution in [0.5, 0.6) is 0 Å². The minimum Gasteiger partial charge on any atom is -0.393 e. The summed E-state index contributed by atoms with van der Waals surface area (Å²) in [4.78, 5) is 47.8. The van der Waals surface area contributed by atoms with E-state index >= 15 is 0 Å². The van der Waals surface area contributed by atoms with Crippen LogP contribution in [0.15, 0.2) is 0 Å². The van der Waals surface area contributed by atoms with Crippen LogP contribution in [-0.4, -0.2) is 23.9 Å². The number of carbonyl (C=O) groups is 4. The van der Waals surface area contributed by atoms with E-state index in [1.165, 1.54) is 385 Å². The van der Waals surface area contributed by atoms with Crippen LogP contribution in [-0.2, 0) is 28.7 Å². The van der Waals surface area contributed by atoms with Gasteiger partial charge in [-0.2, -0.15) is 0 Å². The first-order valence-electron chi connectivity index (χ1n) is 39.9. The Morgan fingerprint density at radius 1 is 0.140 bits per heavy atom. The van der Waals surface area contributed by atoms with Crippen LogP contribution >= 0.6 is 0 Å². The largest absolute Gasteiger partial charge is 0.393 e. The Labute approximate surface area is 539 Å². The highest BCUT2D eigenvalue weighted by Crippen LogP contribution is 2.20. The highest BCUT2D eigenvalue weighted by atomic mass is 16.6. The van der Waals surface area contributed by atoms with E-state index in [1.807, 2.05) is 0 Å². The maximum absolute atomic E-state index is 12.0. The third kappa shape index (κ3) is 80.3. The summed E-state index contributed by atoms with van der Waals surface area (Å²) in [7, 11) is 0. The van der Waals surface area contributed by atoms with Crippen LogP contribution in [0.1, 0.15) is 490 Å². The van der Waals surface area contributed by atoms with E-state index in [9.17, 15) is 19.2 Å². The molecule has 0 amide bonds. The topological polar surface area (TPSA) is 86.7 Å². The van der Waals surface area contributed by atoms with Gasteiger partial charge in [-0.15, -0.1) is 0 Å². The lowest BCUT2D eigenvalue weighted by Gasteiger charge is -2.05. The van der Waals surface area contributed by atoms with Crippen molar-refractivity contribution in [1.82, 2.24) is 0 Å². The van der Waals surface area contributed by atoms with Crippen molar-refractivity contribution in [1.29, 1.82) is 0 Å². The van der Waals surface area contributed by atoms with Gasteiger partial charge in [0.05, 0.1) is 0 Å². The van der Waals surface area contributed by atoms with Crippen molar-refractivity contribution in [3.05, 3.63) is 0 Å². The van der Waals surface area contributed by atoms with Gasteiger partial charge < -0.3 is 9.47 Å². The van der Waals surface area contributed by atoms with E-state index in [1.54, 1.807) is 0 Å². The van der Waals surface area contributed by atoms with Crippen molar-refractivity contribution in [3.63, 3.8) is 0 Å². The van der Waals surface area contributed by atoms with E-state index in [-0.39, 0.29) is 23.9 Å². The number of unbranched alkanes of at least 4 members (excludes halogenated alkanes) is 64. The number of hydrogen-bond acceptors (Lipinski definition) is 6.